The Bertz CT molecular complexity index is 2460. The van der Waals surface area contributed by atoms with Gasteiger partial charge in [-0.1, -0.05) is 19.6 Å². The number of benzene rings is 2. The predicted molar refractivity (Wildman–Crippen MR) is 233 cm³/mol. The molecule has 0 spiro atoms. The lowest BCUT2D eigenvalue weighted by molar-refractivity contribution is 0.0991. The fourth-order valence-corrected chi connectivity index (χ4v) is 7.43. The zero-order valence-corrected chi connectivity index (χ0v) is 34.2. The maximum Gasteiger partial charge on any atom is 0.276 e. The van der Waals surface area contributed by atoms with Gasteiger partial charge in [-0.05, 0) is 76.9 Å². The van der Waals surface area contributed by atoms with Crippen LogP contribution in [0, 0.1) is 13.8 Å². The van der Waals surface area contributed by atoms with Crippen LogP contribution in [-0.4, -0.2) is 75.5 Å². The van der Waals surface area contributed by atoms with E-state index in [1.54, 1.807) is 45.8 Å². The van der Waals surface area contributed by atoms with Gasteiger partial charge in [0.05, 0.1) is 34.5 Å². The molecule has 0 aliphatic carbocycles. The Hall–Kier alpha value is -6.28. The molecule has 4 amide bonds. The summed E-state index contributed by atoms with van der Waals surface area (Å²) in [5, 5.41) is 14.7. The Morgan fingerprint density at radius 2 is 1.08 bits per heavy atom. The Kier molecular flexibility index (Phi) is 12.8. The van der Waals surface area contributed by atoms with Crippen LogP contribution in [0.5, 0.6) is 11.5 Å². The highest BCUT2D eigenvalue weighted by Gasteiger charge is 2.31. The largest absolute Gasteiger partial charge is 0.489 e. The highest BCUT2D eigenvalue weighted by Crippen LogP contribution is 2.40. The molecule has 2 aliphatic rings. The molecule has 0 radical (unpaired) electrons. The van der Waals surface area contributed by atoms with E-state index in [-0.39, 0.29) is 82.7 Å². The van der Waals surface area contributed by atoms with Crippen LogP contribution in [0.1, 0.15) is 99.3 Å². The molecule has 20 heteroatoms. The average molecular weight is 845 g/mol. The number of hydrogen-bond acceptors (Lipinski definition) is 10. The maximum atomic E-state index is 13.6. The lowest BCUT2D eigenvalue weighted by atomic mass is 10.1. The predicted octanol–water partition coefficient (Wildman–Crippen LogP) is 4.90. The fourth-order valence-electron chi connectivity index (χ4n) is 7.43. The summed E-state index contributed by atoms with van der Waals surface area (Å²) < 4.78 is 19.4. The van der Waals surface area contributed by atoms with Crippen LogP contribution >= 0.6 is 27.0 Å². The number of amides is 4. The van der Waals surface area contributed by atoms with Crippen molar-refractivity contribution in [2.45, 2.75) is 73.1 Å². The van der Waals surface area contributed by atoms with Gasteiger partial charge in [-0.2, -0.15) is 37.2 Å². The summed E-state index contributed by atoms with van der Waals surface area (Å²) in [5.41, 5.74) is 16.1. The van der Waals surface area contributed by atoms with Crippen molar-refractivity contribution < 1.29 is 28.7 Å². The summed E-state index contributed by atoms with van der Waals surface area (Å²) in [7, 11) is 0. The number of ether oxygens (including phenoxy) is 2. The molecule has 0 fully saturated rings. The van der Waals surface area contributed by atoms with Crippen molar-refractivity contribution in [2.75, 3.05) is 23.8 Å². The first-order valence-electron chi connectivity index (χ1n) is 18.3. The summed E-state index contributed by atoms with van der Waals surface area (Å²) in [4.78, 5) is 60.8. The van der Waals surface area contributed by atoms with E-state index in [9.17, 15) is 19.2 Å². The maximum absolute atomic E-state index is 13.6. The van der Waals surface area contributed by atoms with Gasteiger partial charge in [-0.15, -0.1) is 0 Å². The lowest BCUT2D eigenvalue weighted by Crippen LogP contribution is -2.26. The van der Waals surface area contributed by atoms with Crippen molar-refractivity contribution in [3.8, 4) is 11.5 Å². The Labute approximate surface area is 353 Å². The molecule has 312 valence electrons. The van der Waals surface area contributed by atoms with Crippen LogP contribution in [0.4, 0.5) is 11.9 Å². The van der Waals surface area contributed by atoms with E-state index < -0.39 is 11.8 Å². The van der Waals surface area contributed by atoms with E-state index >= 15 is 0 Å². The zero-order chi connectivity index (χ0) is 39.4. The Morgan fingerprint density at radius 3 is 1.44 bits per heavy atom. The molecule has 2 aromatic carbocycles. The van der Waals surface area contributed by atoms with Crippen LogP contribution in [0.15, 0.2) is 48.6 Å². The van der Waals surface area contributed by atoms with Gasteiger partial charge >= 0.3 is 0 Å². The minimum absolute atomic E-state index is 0. The quantitative estimate of drug-likeness (QED) is 0.122. The molecule has 0 saturated heterocycles. The van der Waals surface area contributed by atoms with E-state index in [1.165, 1.54) is 0 Å². The number of carbonyl (C=O) groups is 4. The summed E-state index contributed by atoms with van der Waals surface area (Å²) in [6.45, 7) is 8.93. The summed E-state index contributed by atoms with van der Waals surface area (Å²) in [6, 6.07) is 9.21. The topological polar surface area (TPSA) is 234 Å². The van der Waals surface area contributed by atoms with Crippen LogP contribution in [-0.2, 0) is 13.1 Å². The number of carbonyl (C=O) groups excluding carboxylic acids is 4. The first-order valence-corrected chi connectivity index (χ1v) is 18.3. The normalized spacial score (nSPS) is 15.1. The van der Waals surface area contributed by atoms with Gasteiger partial charge < -0.3 is 20.9 Å². The van der Waals surface area contributed by atoms with E-state index in [4.69, 9.17) is 30.9 Å². The van der Waals surface area contributed by atoms with Gasteiger partial charge in [0, 0.05) is 24.2 Å². The molecule has 6 aromatic rings. The Balaban J connectivity index is 0.00000220. The summed E-state index contributed by atoms with van der Waals surface area (Å²) >= 11 is 0. The molecule has 6 heterocycles. The number of allylic oxidation sites excluding steroid dienone is 2. The number of nitrogens with one attached hydrogen (secondary N) is 2. The van der Waals surface area contributed by atoms with Crippen LogP contribution in [0.25, 0.3) is 22.1 Å². The summed E-state index contributed by atoms with van der Waals surface area (Å²) in [5.74, 6) is -0.528. The molecule has 0 unspecified atom stereocenters. The molecular weight excluding hydrogens is 797 g/mol. The number of anilines is 2. The molecule has 0 bridgehead atoms. The minimum atomic E-state index is -0.623. The van der Waals surface area contributed by atoms with Crippen LogP contribution in [0.2, 0.25) is 0 Å². The van der Waals surface area contributed by atoms with Gasteiger partial charge in [0.25, 0.3) is 11.8 Å². The van der Waals surface area contributed by atoms with Crippen LogP contribution in [0.3, 0.4) is 0 Å². The molecule has 8 rings (SSSR count). The number of nitrogens with two attached hydrogens (primary N) is 2. The van der Waals surface area contributed by atoms with E-state index in [0.717, 1.165) is 0 Å². The van der Waals surface area contributed by atoms with E-state index in [0.29, 0.717) is 94.2 Å². The number of aromatic nitrogens is 8. The summed E-state index contributed by atoms with van der Waals surface area (Å²) in [6.07, 6.45) is 5.02. The highest BCUT2D eigenvalue weighted by atomic mass is 32.1. The third-order valence-corrected chi connectivity index (χ3v) is 9.96. The SMILES string of the molecule is C.CCn1nc(C)cc1C(=O)Nc1nc2cc(C(N)=O)cc3c2n1[C@@H](C/C=C\C[C@H]1COc2cc(C(N)=O)cc4nc(NC(=O)c5cc(C)nn5CC)n1c24)CO3.S.S. The van der Waals surface area contributed by atoms with Crippen molar-refractivity contribution in [3.63, 3.8) is 0 Å². The van der Waals surface area contributed by atoms with E-state index in [1.807, 2.05) is 49.0 Å². The first kappa shape index (κ1) is 43.8. The Morgan fingerprint density at radius 1 is 0.695 bits per heavy atom. The number of imidazole rings is 2. The molecule has 2 atom stereocenters. The molecule has 59 heavy (non-hydrogen) atoms. The van der Waals surface area contributed by atoms with Gasteiger partial charge in [-0.25, -0.2) is 9.97 Å². The molecule has 4 aromatic heterocycles. The second-order valence-corrected chi connectivity index (χ2v) is 13.8. The van der Waals surface area contributed by atoms with Crippen molar-refractivity contribution >= 4 is 84.6 Å². The number of aryl methyl sites for hydroxylation is 4. The number of primary amides is 2. The molecular formula is C39H48N12O6S2. The molecule has 0 saturated carbocycles. The number of rotatable bonds is 12. The number of hydrogen-bond donors (Lipinski definition) is 4. The van der Waals surface area contributed by atoms with Gasteiger partial charge in [0.15, 0.2) is 0 Å². The van der Waals surface area contributed by atoms with Crippen molar-refractivity contribution in [2.24, 2.45) is 11.5 Å². The van der Waals surface area contributed by atoms with Gasteiger partial charge in [-0.3, -0.25) is 48.3 Å². The third-order valence-electron chi connectivity index (χ3n) is 9.96. The average Bonchev–Trinajstić information content (AvgIpc) is 3.95. The molecule has 2 aliphatic heterocycles. The minimum Gasteiger partial charge on any atom is -0.489 e. The molecule has 18 nitrogen and oxygen atoms in total. The third kappa shape index (κ3) is 7.96. The zero-order valence-electron chi connectivity index (χ0n) is 32.2. The standard InChI is InChI=1S/C38H40N12O6.CH4.2H2S/c1-5-47-27(11-19(3)45-47)35(53)43-37-41-25-13-21(33(39)51)15-29-31(25)49(37)23(17-55-29)9-7-8-10-24-18-56-30-16-22(34(40)52)14-26-32(30)50(24)38(42-26)44-36(54)28-12-20(4)46-48(28)6-2;;;/h7-8,11-16,23-24H,5-6,9-10,17-18H2,1-4H3,(H2,39,51)(H2,40,52)(H,41,43,53)(H,42,44,54);1H4;2*1H2/b8-7-;;;/t23-,24-;;;/m0.../s1. The van der Waals surface area contributed by atoms with Crippen molar-refractivity contribution in [3.05, 3.63) is 82.5 Å². The van der Waals surface area contributed by atoms with Crippen molar-refractivity contribution in [1.29, 1.82) is 0 Å². The molecule has 6 N–H and O–H groups in total. The van der Waals surface area contributed by atoms with Gasteiger partial charge in [0.2, 0.25) is 23.7 Å². The highest BCUT2D eigenvalue weighted by molar-refractivity contribution is 7.59. The van der Waals surface area contributed by atoms with Gasteiger partial charge in [0.1, 0.15) is 47.1 Å². The second kappa shape index (κ2) is 17.3. The smallest absolute Gasteiger partial charge is 0.276 e. The second-order valence-electron chi connectivity index (χ2n) is 13.8. The van der Waals surface area contributed by atoms with E-state index in [2.05, 4.69) is 20.8 Å². The van der Waals surface area contributed by atoms with Crippen LogP contribution < -0.4 is 31.6 Å². The van der Waals surface area contributed by atoms with Crippen molar-refractivity contribution in [1.82, 2.24) is 38.7 Å². The first-order chi connectivity index (χ1) is 26.9. The monoisotopic (exact) mass is 844 g/mol. The number of nitrogens with zero attached hydrogens (tertiary/aromatic N) is 8. The fraction of sp³-hybridized carbons (Fsp3) is 0.333. The lowest BCUT2D eigenvalue weighted by Gasteiger charge is -2.27.